The fourth-order valence-electron chi connectivity index (χ4n) is 2.22. The maximum absolute atomic E-state index is 12.1. The van der Waals surface area contributed by atoms with Crippen molar-refractivity contribution in [1.82, 2.24) is 15.0 Å². The first-order valence-electron chi connectivity index (χ1n) is 7.27. The van der Waals surface area contributed by atoms with E-state index in [2.05, 4.69) is 22.5 Å². The third-order valence-electron chi connectivity index (χ3n) is 3.34. The highest BCUT2D eigenvalue weighted by atomic mass is 16.2. The highest BCUT2D eigenvalue weighted by Gasteiger charge is 2.10. The van der Waals surface area contributed by atoms with Crippen LogP contribution in [-0.2, 0) is 0 Å². The lowest BCUT2D eigenvalue weighted by Gasteiger charge is -2.01. The second-order valence-corrected chi connectivity index (χ2v) is 4.91. The number of carbonyl (C=O) groups is 1. The van der Waals surface area contributed by atoms with Crippen LogP contribution < -0.4 is 0 Å². The third kappa shape index (κ3) is 3.76. The summed E-state index contributed by atoms with van der Waals surface area (Å²) in [6.07, 6.45) is 10.3. The van der Waals surface area contributed by atoms with Crippen LogP contribution in [0.3, 0.4) is 0 Å². The van der Waals surface area contributed by atoms with Crippen molar-refractivity contribution in [3.8, 4) is 0 Å². The van der Waals surface area contributed by atoms with E-state index in [-0.39, 0.29) is 5.91 Å². The molecule has 0 aliphatic carbocycles. The number of hydrogen-bond donors (Lipinski definition) is 0. The molecule has 4 nitrogen and oxygen atoms in total. The highest BCUT2D eigenvalue weighted by Crippen LogP contribution is 2.12. The van der Waals surface area contributed by atoms with Gasteiger partial charge in [-0.15, -0.1) is 5.10 Å². The van der Waals surface area contributed by atoms with Gasteiger partial charge >= 0.3 is 0 Å². The first-order chi connectivity index (χ1) is 9.83. The van der Waals surface area contributed by atoms with Gasteiger partial charge in [-0.2, -0.15) is 4.68 Å². The van der Waals surface area contributed by atoms with Gasteiger partial charge in [-0.05, 0) is 38.3 Å². The summed E-state index contributed by atoms with van der Waals surface area (Å²) >= 11 is 0. The Morgan fingerprint density at radius 1 is 1.20 bits per heavy atom. The molecule has 2 aromatic rings. The van der Waals surface area contributed by atoms with Crippen molar-refractivity contribution >= 4 is 16.9 Å². The predicted octanol–water partition coefficient (Wildman–Crippen LogP) is 3.99. The van der Waals surface area contributed by atoms with Gasteiger partial charge in [0.1, 0.15) is 5.52 Å². The summed E-state index contributed by atoms with van der Waals surface area (Å²) in [7, 11) is 0. The van der Waals surface area contributed by atoms with Crippen molar-refractivity contribution in [2.24, 2.45) is 0 Å². The van der Waals surface area contributed by atoms with E-state index in [9.17, 15) is 4.79 Å². The quantitative estimate of drug-likeness (QED) is 0.565. The Morgan fingerprint density at radius 3 is 2.85 bits per heavy atom. The standard InChI is InChI=1S/C16H21N3O/c1-2-3-4-5-6-7-8-13-16(20)19-15-12-10-9-11-14(15)17-18-19/h2-3,9-12H,4-8,13H2,1H3/b3-2+. The monoisotopic (exact) mass is 271 g/mol. The summed E-state index contributed by atoms with van der Waals surface area (Å²) in [4.78, 5) is 12.1. The molecule has 4 heteroatoms. The second kappa shape index (κ2) is 7.58. The van der Waals surface area contributed by atoms with E-state index in [1.165, 1.54) is 17.5 Å². The number of unbranched alkanes of at least 4 members (excludes halogenated alkanes) is 4. The van der Waals surface area contributed by atoms with Gasteiger partial charge in [-0.3, -0.25) is 4.79 Å². The van der Waals surface area contributed by atoms with Crippen LogP contribution in [0.1, 0.15) is 50.2 Å². The molecule has 1 aromatic heterocycles. The maximum atomic E-state index is 12.1. The Labute approximate surface area is 119 Å². The van der Waals surface area contributed by atoms with Crippen molar-refractivity contribution in [2.75, 3.05) is 0 Å². The summed E-state index contributed by atoms with van der Waals surface area (Å²) in [5.41, 5.74) is 1.57. The Hall–Kier alpha value is -1.97. The summed E-state index contributed by atoms with van der Waals surface area (Å²) in [6, 6.07) is 7.55. The maximum Gasteiger partial charge on any atom is 0.248 e. The molecule has 0 amide bonds. The van der Waals surface area contributed by atoms with Crippen molar-refractivity contribution in [3.05, 3.63) is 36.4 Å². The van der Waals surface area contributed by atoms with Crippen LogP contribution in [0.25, 0.3) is 11.0 Å². The molecule has 1 heterocycles. The lowest BCUT2D eigenvalue weighted by atomic mass is 10.1. The molecular formula is C16H21N3O. The zero-order chi connectivity index (χ0) is 14.2. The largest absolute Gasteiger partial charge is 0.273 e. The van der Waals surface area contributed by atoms with Gasteiger partial charge in [0.25, 0.3) is 0 Å². The van der Waals surface area contributed by atoms with Crippen molar-refractivity contribution in [1.29, 1.82) is 0 Å². The van der Waals surface area contributed by atoms with E-state index in [1.807, 2.05) is 31.2 Å². The molecule has 0 saturated carbocycles. The Morgan fingerprint density at radius 2 is 2.00 bits per heavy atom. The van der Waals surface area contributed by atoms with Gasteiger partial charge in [0.05, 0.1) is 5.52 Å². The van der Waals surface area contributed by atoms with E-state index in [1.54, 1.807) is 0 Å². The number of allylic oxidation sites excluding steroid dienone is 2. The van der Waals surface area contributed by atoms with Crippen LogP contribution in [0.15, 0.2) is 36.4 Å². The first-order valence-corrected chi connectivity index (χ1v) is 7.27. The van der Waals surface area contributed by atoms with Crippen LogP contribution in [0.4, 0.5) is 0 Å². The Bertz CT molecular complexity index is 586. The van der Waals surface area contributed by atoms with Gasteiger partial charge < -0.3 is 0 Å². The first kappa shape index (κ1) is 14.4. The highest BCUT2D eigenvalue weighted by molar-refractivity contribution is 5.88. The number of carbonyl (C=O) groups excluding carboxylic acids is 1. The fraction of sp³-hybridized carbons (Fsp3) is 0.438. The molecule has 0 aliphatic heterocycles. The smallest absolute Gasteiger partial charge is 0.248 e. The number of nitrogens with zero attached hydrogens (tertiary/aromatic N) is 3. The number of benzene rings is 1. The Balaban J connectivity index is 1.78. The van der Waals surface area contributed by atoms with Gasteiger partial charge in [0.15, 0.2) is 0 Å². The number of aromatic nitrogens is 3. The molecule has 0 atom stereocenters. The average Bonchev–Trinajstić information content (AvgIpc) is 2.90. The van der Waals surface area contributed by atoms with Crippen molar-refractivity contribution in [3.63, 3.8) is 0 Å². The predicted molar refractivity (Wildman–Crippen MR) is 80.7 cm³/mol. The number of para-hydroxylation sites is 1. The molecular weight excluding hydrogens is 250 g/mol. The van der Waals surface area contributed by atoms with E-state index in [0.29, 0.717) is 6.42 Å². The van der Waals surface area contributed by atoms with E-state index >= 15 is 0 Å². The molecule has 2 rings (SSSR count). The fourth-order valence-corrected chi connectivity index (χ4v) is 2.22. The molecule has 0 unspecified atom stereocenters. The summed E-state index contributed by atoms with van der Waals surface area (Å²) < 4.78 is 1.43. The van der Waals surface area contributed by atoms with Gasteiger partial charge in [0.2, 0.25) is 5.91 Å². The molecule has 106 valence electrons. The number of rotatable bonds is 7. The van der Waals surface area contributed by atoms with Gasteiger partial charge in [0, 0.05) is 6.42 Å². The normalized spacial score (nSPS) is 11.4. The van der Waals surface area contributed by atoms with Crippen LogP contribution >= 0.6 is 0 Å². The third-order valence-corrected chi connectivity index (χ3v) is 3.34. The minimum absolute atomic E-state index is 0.0344. The van der Waals surface area contributed by atoms with Crippen LogP contribution in [0.5, 0.6) is 0 Å². The van der Waals surface area contributed by atoms with E-state index in [4.69, 9.17) is 0 Å². The van der Waals surface area contributed by atoms with Crippen molar-refractivity contribution < 1.29 is 4.79 Å². The molecule has 0 saturated heterocycles. The average molecular weight is 271 g/mol. The number of hydrogen-bond acceptors (Lipinski definition) is 3. The molecule has 1 aromatic carbocycles. The van der Waals surface area contributed by atoms with Gasteiger partial charge in [-0.1, -0.05) is 42.3 Å². The van der Waals surface area contributed by atoms with E-state index in [0.717, 1.165) is 30.3 Å². The topological polar surface area (TPSA) is 47.8 Å². The molecule has 0 radical (unpaired) electrons. The molecule has 20 heavy (non-hydrogen) atoms. The molecule has 0 bridgehead atoms. The van der Waals surface area contributed by atoms with Crippen LogP contribution in [0, 0.1) is 0 Å². The van der Waals surface area contributed by atoms with Gasteiger partial charge in [-0.25, -0.2) is 0 Å². The minimum atomic E-state index is 0.0344. The molecule has 0 fully saturated rings. The lowest BCUT2D eigenvalue weighted by molar-refractivity contribution is 0.0886. The zero-order valence-electron chi connectivity index (χ0n) is 12.0. The molecule has 0 spiro atoms. The lowest BCUT2D eigenvalue weighted by Crippen LogP contribution is -2.12. The Kier molecular flexibility index (Phi) is 5.47. The van der Waals surface area contributed by atoms with Crippen molar-refractivity contribution in [2.45, 2.75) is 45.4 Å². The second-order valence-electron chi connectivity index (χ2n) is 4.91. The van der Waals surface area contributed by atoms with E-state index < -0.39 is 0 Å². The zero-order valence-corrected chi connectivity index (χ0v) is 12.0. The summed E-state index contributed by atoms with van der Waals surface area (Å²) in [6.45, 7) is 2.04. The van der Waals surface area contributed by atoms with Crippen LogP contribution in [-0.4, -0.2) is 20.9 Å². The number of fused-ring (bicyclic) bond motifs is 1. The summed E-state index contributed by atoms with van der Waals surface area (Å²) in [5, 5.41) is 7.95. The SMILES string of the molecule is C/C=C/CCCCCCC(=O)n1nnc2ccccc21. The van der Waals surface area contributed by atoms with Crippen LogP contribution in [0.2, 0.25) is 0 Å². The summed E-state index contributed by atoms with van der Waals surface area (Å²) in [5.74, 6) is 0.0344. The molecule has 0 aliphatic rings. The minimum Gasteiger partial charge on any atom is -0.273 e. The molecule has 0 N–H and O–H groups in total.